The Morgan fingerprint density at radius 2 is 2.05 bits per heavy atom. The number of allylic oxidation sites excluding steroid dienone is 1. The molecule has 0 aliphatic carbocycles. The Labute approximate surface area is 127 Å². The van der Waals surface area contributed by atoms with E-state index in [0.717, 1.165) is 22.3 Å². The molecule has 0 fully saturated rings. The first-order valence-corrected chi connectivity index (χ1v) is 7.09. The first-order chi connectivity index (χ1) is 10.2. The topological polar surface area (TPSA) is 46.5 Å². The van der Waals surface area contributed by atoms with Crippen LogP contribution in [0.2, 0.25) is 0 Å². The Morgan fingerprint density at radius 3 is 2.81 bits per heavy atom. The molecule has 0 saturated carbocycles. The predicted molar refractivity (Wildman–Crippen MR) is 82.0 cm³/mol. The molecule has 21 heavy (non-hydrogen) atoms. The summed E-state index contributed by atoms with van der Waals surface area (Å²) in [6.07, 6.45) is 1.92. The number of carboxylic acids is 1. The fraction of sp³-hybridized carbons (Fsp3) is 0.118. The number of aromatic carboxylic acids is 1. The molecule has 0 amide bonds. The molecule has 3 rings (SSSR count). The average molecular weight is 301 g/mol. The quantitative estimate of drug-likeness (QED) is 0.854. The molecule has 0 aromatic heterocycles. The van der Waals surface area contributed by atoms with Gasteiger partial charge < -0.3 is 9.84 Å². The number of carbonyl (C=O) groups is 1. The number of ether oxygens (including phenoxy) is 1. The maximum atomic E-state index is 11.1. The summed E-state index contributed by atoms with van der Waals surface area (Å²) in [7, 11) is 0. The molecule has 3 nitrogen and oxygen atoms in total. The molecule has 1 heterocycles. The van der Waals surface area contributed by atoms with Crippen LogP contribution in [0.1, 0.15) is 27.0 Å². The van der Waals surface area contributed by atoms with Crippen molar-refractivity contribution in [2.45, 2.75) is 6.61 Å². The van der Waals surface area contributed by atoms with Crippen LogP contribution < -0.4 is 4.74 Å². The van der Waals surface area contributed by atoms with Crippen LogP contribution in [0.5, 0.6) is 5.75 Å². The summed E-state index contributed by atoms with van der Waals surface area (Å²) in [4.78, 5) is 11.1. The first-order valence-electron chi connectivity index (χ1n) is 6.55. The molecule has 0 bridgehead atoms. The Kier molecular flexibility index (Phi) is 3.67. The van der Waals surface area contributed by atoms with Gasteiger partial charge in [0.1, 0.15) is 12.4 Å². The third-order valence-corrected chi connectivity index (χ3v) is 3.65. The lowest BCUT2D eigenvalue weighted by Crippen LogP contribution is -1.99. The zero-order valence-corrected chi connectivity index (χ0v) is 11.9. The van der Waals surface area contributed by atoms with Crippen molar-refractivity contribution in [1.29, 1.82) is 0 Å². The van der Waals surface area contributed by atoms with Gasteiger partial charge in [0.15, 0.2) is 0 Å². The highest BCUT2D eigenvalue weighted by Gasteiger charge is 2.20. The summed E-state index contributed by atoms with van der Waals surface area (Å²) in [5, 5.41) is 9.11. The highest BCUT2D eigenvalue weighted by atomic mass is 35.5. The van der Waals surface area contributed by atoms with Gasteiger partial charge in [-0.25, -0.2) is 4.79 Å². The Hall–Kier alpha value is -2.26. The molecule has 2 aromatic carbocycles. The molecule has 0 saturated heterocycles. The van der Waals surface area contributed by atoms with Crippen LogP contribution in [0.25, 0.3) is 5.57 Å². The van der Waals surface area contributed by atoms with Gasteiger partial charge in [-0.2, -0.15) is 0 Å². The number of hydrogen-bond acceptors (Lipinski definition) is 2. The maximum Gasteiger partial charge on any atom is 0.335 e. The zero-order chi connectivity index (χ0) is 14.8. The van der Waals surface area contributed by atoms with E-state index in [1.165, 1.54) is 0 Å². The fourth-order valence-electron chi connectivity index (χ4n) is 2.50. The van der Waals surface area contributed by atoms with Gasteiger partial charge in [0, 0.05) is 11.4 Å². The van der Waals surface area contributed by atoms with E-state index in [1.807, 2.05) is 30.3 Å². The Balaban J connectivity index is 2.20. The fourth-order valence-corrected chi connectivity index (χ4v) is 2.66. The van der Waals surface area contributed by atoms with Crippen molar-refractivity contribution in [3.05, 3.63) is 70.8 Å². The normalized spacial score (nSPS) is 14.8. The number of benzene rings is 2. The predicted octanol–water partition coefficient (Wildman–Crippen LogP) is 3.95. The molecule has 0 atom stereocenters. The highest BCUT2D eigenvalue weighted by molar-refractivity contribution is 6.19. The van der Waals surface area contributed by atoms with Gasteiger partial charge in [0.25, 0.3) is 0 Å². The molecule has 0 unspecified atom stereocenters. The van der Waals surface area contributed by atoms with E-state index in [9.17, 15) is 4.79 Å². The molecule has 106 valence electrons. The molecule has 2 aromatic rings. The van der Waals surface area contributed by atoms with Gasteiger partial charge >= 0.3 is 5.97 Å². The van der Waals surface area contributed by atoms with Crippen molar-refractivity contribution in [3.63, 3.8) is 0 Å². The van der Waals surface area contributed by atoms with Crippen molar-refractivity contribution in [2.24, 2.45) is 0 Å². The second kappa shape index (κ2) is 5.62. The third kappa shape index (κ3) is 2.52. The van der Waals surface area contributed by atoms with E-state index in [-0.39, 0.29) is 5.56 Å². The Morgan fingerprint density at radius 1 is 1.24 bits per heavy atom. The lowest BCUT2D eigenvalue weighted by molar-refractivity contribution is 0.0696. The van der Waals surface area contributed by atoms with Crippen LogP contribution in [0.3, 0.4) is 0 Å². The largest absolute Gasteiger partial charge is 0.488 e. The van der Waals surface area contributed by atoms with E-state index in [1.54, 1.807) is 18.2 Å². The highest BCUT2D eigenvalue weighted by Crippen LogP contribution is 2.37. The van der Waals surface area contributed by atoms with Crippen LogP contribution in [0, 0.1) is 0 Å². The lowest BCUT2D eigenvalue weighted by atomic mass is 9.93. The van der Waals surface area contributed by atoms with E-state index in [4.69, 9.17) is 21.4 Å². The summed E-state index contributed by atoms with van der Waals surface area (Å²) >= 11 is 5.89. The number of halogens is 1. The van der Waals surface area contributed by atoms with Gasteiger partial charge in [-0.1, -0.05) is 30.3 Å². The summed E-state index contributed by atoms with van der Waals surface area (Å²) in [5.74, 6) is -0.0161. The lowest BCUT2D eigenvalue weighted by Gasteiger charge is -2.10. The Bertz CT molecular complexity index is 735. The summed E-state index contributed by atoms with van der Waals surface area (Å²) in [5.41, 5.74) is 4.18. The van der Waals surface area contributed by atoms with Crippen LogP contribution in [-0.2, 0) is 6.61 Å². The van der Waals surface area contributed by atoms with Gasteiger partial charge in [-0.3, -0.25) is 0 Å². The second-order valence-electron chi connectivity index (χ2n) is 4.73. The SMILES string of the molecule is O=C(O)c1ccc2c(c1)OCc1ccccc1C2=CCCl. The maximum absolute atomic E-state index is 11.1. The van der Waals surface area contributed by atoms with Gasteiger partial charge in [0.05, 0.1) is 5.56 Å². The third-order valence-electron chi connectivity index (χ3n) is 3.49. The smallest absolute Gasteiger partial charge is 0.335 e. The van der Waals surface area contributed by atoms with E-state index < -0.39 is 5.97 Å². The standard InChI is InChI=1S/C17H13ClO3/c18-8-7-14-13-4-2-1-3-12(13)10-21-16-9-11(17(19)20)5-6-15(14)16/h1-7,9H,8,10H2,(H,19,20). The molecule has 1 aliphatic rings. The molecular weight excluding hydrogens is 288 g/mol. The summed E-state index contributed by atoms with van der Waals surface area (Å²) in [6, 6.07) is 12.9. The summed E-state index contributed by atoms with van der Waals surface area (Å²) in [6.45, 7) is 0.409. The van der Waals surface area contributed by atoms with E-state index in [0.29, 0.717) is 18.2 Å². The van der Waals surface area contributed by atoms with Crippen molar-refractivity contribution in [3.8, 4) is 5.75 Å². The zero-order valence-electron chi connectivity index (χ0n) is 11.2. The molecule has 1 N–H and O–H groups in total. The molecular formula is C17H13ClO3. The van der Waals surface area contributed by atoms with Crippen molar-refractivity contribution >= 4 is 23.1 Å². The van der Waals surface area contributed by atoms with Crippen molar-refractivity contribution in [2.75, 3.05) is 5.88 Å². The minimum Gasteiger partial charge on any atom is -0.488 e. The summed E-state index contributed by atoms with van der Waals surface area (Å²) < 4.78 is 5.80. The number of hydrogen-bond donors (Lipinski definition) is 1. The monoisotopic (exact) mass is 300 g/mol. The average Bonchev–Trinajstić information content (AvgIpc) is 2.65. The number of alkyl halides is 1. The molecule has 4 heteroatoms. The second-order valence-corrected chi connectivity index (χ2v) is 5.04. The van der Waals surface area contributed by atoms with Crippen LogP contribution >= 0.6 is 11.6 Å². The molecule has 0 spiro atoms. The van der Waals surface area contributed by atoms with Crippen molar-refractivity contribution < 1.29 is 14.6 Å². The number of carboxylic acid groups (broad SMARTS) is 1. The number of rotatable bonds is 2. The van der Waals surface area contributed by atoms with Gasteiger partial charge in [-0.15, -0.1) is 11.6 Å². The van der Waals surface area contributed by atoms with Gasteiger partial charge in [0.2, 0.25) is 0 Å². The van der Waals surface area contributed by atoms with Crippen LogP contribution in [0.15, 0.2) is 48.5 Å². The minimum absolute atomic E-state index is 0.213. The molecule has 1 aliphatic heterocycles. The molecule has 0 radical (unpaired) electrons. The van der Waals surface area contributed by atoms with E-state index >= 15 is 0 Å². The van der Waals surface area contributed by atoms with Crippen molar-refractivity contribution in [1.82, 2.24) is 0 Å². The number of fused-ring (bicyclic) bond motifs is 2. The van der Waals surface area contributed by atoms with Crippen LogP contribution in [0.4, 0.5) is 0 Å². The first kappa shape index (κ1) is 13.7. The minimum atomic E-state index is -0.967. The van der Waals surface area contributed by atoms with Crippen LogP contribution in [-0.4, -0.2) is 17.0 Å². The van der Waals surface area contributed by atoms with Gasteiger partial charge in [-0.05, 0) is 34.9 Å². The van der Waals surface area contributed by atoms with E-state index in [2.05, 4.69) is 0 Å².